The first-order chi connectivity index (χ1) is 11.3. The van der Waals surface area contributed by atoms with Crippen LogP contribution in [-0.2, 0) is 6.54 Å². The van der Waals surface area contributed by atoms with Gasteiger partial charge in [-0.15, -0.1) is 0 Å². The average molecular weight is 314 g/mol. The van der Waals surface area contributed by atoms with Crippen LogP contribution in [0.25, 0.3) is 0 Å². The molecule has 4 rings (SSSR count). The highest BCUT2D eigenvalue weighted by molar-refractivity contribution is 5.93. The van der Waals surface area contributed by atoms with Gasteiger partial charge in [0.05, 0.1) is 0 Å². The molecule has 0 spiro atoms. The minimum atomic E-state index is 0.0471. The normalized spacial score (nSPS) is 21.6. The van der Waals surface area contributed by atoms with Crippen LogP contribution in [0.1, 0.15) is 60.7 Å². The summed E-state index contributed by atoms with van der Waals surface area (Å²) < 4.78 is 7.42. The molecule has 2 aromatic heterocycles. The molecule has 1 saturated heterocycles. The maximum absolute atomic E-state index is 13.0. The van der Waals surface area contributed by atoms with Crippen molar-refractivity contribution in [2.24, 2.45) is 0 Å². The average Bonchev–Trinajstić information content (AvgIpc) is 3.10. The quantitative estimate of drug-likeness (QED) is 0.851. The van der Waals surface area contributed by atoms with Gasteiger partial charge in [-0.3, -0.25) is 9.48 Å². The largest absolute Gasteiger partial charge is 0.447 e. The van der Waals surface area contributed by atoms with Gasteiger partial charge in [-0.2, -0.15) is 5.10 Å². The molecule has 1 saturated carbocycles. The van der Waals surface area contributed by atoms with Crippen LogP contribution in [0.3, 0.4) is 0 Å². The molecule has 2 aromatic rings. The van der Waals surface area contributed by atoms with Crippen LogP contribution in [0.15, 0.2) is 29.3 Å². The predicted octanol–water partition coefficient (Wildman–Crippen LogP) is 2.83. The second-order valence-corrected chi connectivity index (χ2v) is 6.55. The standard InChI is InChI=1S/C17H22N4O2/c22-17(15-16(13-5-6-13)23-12-18-15)21-10-2-1-4-14(21)7-11-20-9-3-8-19-20/h3,8-9,12-14H,1-2,4-7,10-11H2/t14-/m1/s1. The van der Waals surface area contributed by atoms with Gasteiger partial charge in [-0.05, 0) is 44.6 Å². The molecule has 0 N–H and O–H groups in total. The molecule has 2 aliphatic rings. The van der Waals surface area contributed by atoms with E-state index in [1.165, 1.54) is 12.8 Å². The highest BCUT2D eigenvalue weighted by Crippen LogP contribution is 2.42. The van der Waals surface area contributed by atoms with E-state index in [9.17, 15) is 4.79 Å². The number of aryl methyl sites for hydroxylation is 1. The lowest BCUT2D eigenvalue weighted by Crippen LogP contribution is -2.44. The first-order valence-electron chi connectivity index (χ1n) is 8.54. The van der Waals surface area contributed by atoms with Crippen LogP contribution in [0.2, 0.25) is 0 Å². The third kappa shape index (κ3) is 3.02. The summed E-state index contributed by atoms with van der Waals surface area (Å²) >= 11 is 0. The van der Waals surface area contributed by atoms with Gasteiger partial charge in [0.15, 0.2) is 12.1 Å². The summed E-state index contributed by atoms with van der Waals surface area (Å²) in [6, 6.07) is 2.20. The molecule has 0 unspecified atom stereocenters. The van der Waals surface area contributed by atoms with Crippen molar-refractivity contribution in [1.82, 2.24) is 19.7 Å². The predicted molar refractivity (Wildman–Crippen MR) is 84.0 cm³/mol. The van der Waals surface area contributed by atoms with Crippen molar-refractivity contribution in [3.63, 3.8) is 0 Å². The van der Waals surface area contributed by atoms with Gasteiger partial charge in [-0.1, -0.05) is 0 Å². The van der Waals surface area contributed by atoms with Crippen molar-refractivity contribution in [3.05, 3.63) is 36.3 Å². The summed E-state index contributed by atoms with van der Waals surface area (Å²) in [7, 11) is 0. The first kappa shape index (κ1) is 14.5. The zero-order valence-electron chi connectivity index (χ0n) is 13.2. The second kappa shape index (κ2) is 6.18. The van der Waals surface area contributed by atoms with E-state index in [2.05, 4.69) is 10.1 Å². The fraction of sp³-hybridized carbons (Fsp3) is 0.588. The van der Waals surface area contributed by atoms with Crippen molar-refractivity contribution >= 4 is 5.91 Å². The molecule has 0 aromatic carbocycles. The van der Waals surface area contributed by atoms with Gasteiger partial charge in [0, 0.05) is 37.4 Å². The number of carbonyl (C=O) groups excluding carboxylic acids is 1. The SMILES string of the molecule is O=C(c1ncoc1C1CC1)N1CCCC[C@@H]1CCn1cccn1. The van der Waals surface area contributed by atoms with Crippen LogP contribution in [0.5, 0.6) is 0 Å². The molecular weight excluding hydrogens is 292 g/mol. The molecule has 0 radical (unpaired) electrons. The number of carbonyl (C=O) groups is 1. The van der Waals surface area contributed by atoms with Crippen molar-refractivity contribution in [3.8, 4) is 0 Å². The highest BCUT2D eigenvalue weighted by Gasteiger charge is 2.36. The van der Waals surface area contributed by atoms with Crippen molar-refractivity contribution in [2.75, 3.05) is 6.54 Å². The maximum Gasteiger partial charge on any atom is 0.276 e. The van der Waals surface area contributed by atoms with E-state index >= 15 is 0 Å². The van der Waals surface area contributed by atoms with Crippen LogP contribution < -0.4 is 0 Å². The number of amides is 1. The Kier molecular flexibility index (Phi) is 3.89. The highest BCUT2D eigenvalue weighted by atomic mass is 16.3. The number of likely N-dealkylation sites (tertiary alicyclic amines) is 1. The van der Waals surface area contributed by atoms with Gasteiger partial charge >= 0.3 is 0 Å². The molecule has 6 heteroatoms. The monoisotopic (exact) mass is 314 g/mol. The van der Waals surface area contributed by atoms with Gasteiger partial charge in [-0.25, -0.2) is 4.98 Å². The van der Waals surface area contributed by atoms with Gasteiger partial charge < -0.3 is 9.32 Å². The molecule has 23 heavy (non-hydrogen) atoms. The van der Waals surface area contributed by atoms with E-state index in [1.54, 1.807) is 6.20 Å². The molecule has 6 nitrogen and oxygen atoms in total. The Labute approximate surface area is 135 Å². The Bertz CT molecular complexity index is 660. The van der Waals surface area contributed by atoms with E-state index in [-0.39, 0.29) is 11.9 Å². The lowest BCUT2D eigenvalue weighted by atomic mass is 9.98. The molecule has 122 valence electrons. The van der Waals surface area contributed by atoms with Crippen LogP contribution in [0.4, 0.5) is 0 Å². The Morgan fingerprint density at radius 2 is 2.22 bits per heavy atom. The Hall–Kier alpha value is -2.11. The third-order valence-corrected chi connectivity index (χ3v) is 4.88. The van der Waals surface area contributed by atoms with Crippen molar-refractivity contribution < 1.29 is 9.21 Å². The smallest absolute Gasteiger partial charge is 0.276 e. The summed E-state index contributed by atoms with van der Waals surface area (Å²) in [5, 5.41) is 4.25. The molecule has 3 heterocycles. The lowest BCUT2D eigenvalue weighted by molar-refractivity contribution is 0.0586. The Balaban J connectivity index is 1.47. The second-order valence-electron chi connectivity index (χ2n) is 6.55. The van der Waals surface area contributed by atoms with Crippen molar-refractivity contribution in [2.45, 2.75) is 57.0 Å². The minimum absolute atomic E-state index is 0.0471. The van der Waals surface area contributed by atoms with E-state index in [0.29, 0.717) is 11.6 Å². The topological polar surface area (TPSA) is 64.2 Å². The molecule has 1 aliphatic carbocycles. The van der Waals surface area contributed by atoms with E-state index in [1.807, 2.05) is 21.8 Å². The Morgan fingerprint density at radius 3 is 3.00 bits per heavy atom. The fourth-order valence-electron chi connectivity index (χ4n) is 3.47. The summed E-state index contributed by atoms with van der Waals surface area (Å²) in [5.41, 5.74) is 0.540. The van der Waals surface area contributed by atoms with Gasteiger partial charge in [0.25, 0.3) is 5.91 Å². The number of hydrogen-bond donors (Lipinski definition) is 0. The zero-order valence-corrected chi connectivity index (χ0v) is 13.2. The molecule has 1 amide bonds. The van der Waals surface area contributed by atoms with Crippen LogP contribution in [-0.4, -0.2) is 38.2 Å². The molecule has 0 bridgehead atoms. The van der Waals surface area contributed by atoms with Crippen LogP contribution in [0, 0.1) is 0 Å². The Morgan fingerprint density at radius 1 is 1.30 bits per heavy atom. The minimum Gasteiger partial charge on any atom is -0.447 e. The number of rotatable bonds is 5. The van der Waals surface area contributed by atoms with Gasteiger partial charge in [0.2, 0.25) is 0 Å². The number of oxazole rings is 1. The number of nitrogens with zero attached hydrogens (tertiary/aromatic N) is 4. The van der Waals surface area contributed by atoms with E-state index in [0.717, 1.165) is 51.0 Å². The fourth-order valence-corrected chi connectivity index (χ4v) is 3.47. The summed E-state index contributed by atoms with van der Waals surface area (Å²) in [6.45, 7) is 1.66. The molecule has 2 fully saturated rings. The molecule has 1 aliphatic heterocycles. The maximum atomic E-state index is 13.0. The number of hydrogen-bond acceptors (Lipinski definition) is 4. The summed E-state index contributed by atoms with van der Waals surface area (Å²) in [5.74, 6) is 1.25. The number of piperidine rings is 1. The summed E-state index contributed by atoms with van der Waals surface area (Å²) in [4.78, 5) is 19.2. The van der Waals surface area contributed by atoms with E-state index in [4.69, 9.17) is 4.42 Å². The lowest BCUT2D eigenvalue weighted by Gasteiger charge is -2.35. The number of aromatic nitrogens is 3. The van der Waals surface area contributed by atoms with E-state index < -0.39 is 0 Å². The first-order valence-corrected chi connectivity index (χ1v) is 8.54. The molecule has 1 atom stereocenters. The van der Waals surface area contributed by atoms with Crippen molar-refractivity contribution in [1.29, 1.82) is 0 Å². The molecular formula is C17H22N4O2. The van der Waals surface area contributed by atoms with Gasteiger partial charge in [0.1, 0.15) is 5.76 Å². The van der Waals surface area contributed by atoms with Crippen LogP contribution >= 0.6 is 0 Å². The summed E-state index contributed by atoms with van der Waals surface area (Å²) in [6.07, 6.45) is 11.6. The third-order valence-electron chi connectivity index (χ3n) is 4.88. The zero-order chi connectivity index (χ0) is 15.6.